The lowest BCUT2D eigenvalue weighted by Crippen LogP contribution is -2.19. The number of hydrogen-bond acceptors (Lipinski definition) is 4. The van der Waals surface area contributed by atoms with Crippen molar-refractivity contribution in [3.8, 4) is 0 Å². The summed E-state index contributed by atoms with van der Waals surface area (Å²) in [5, 5.41) is 0. The number of carbonyl (C=O) groups excluding carboxylic acids is 3. The Hall–Kier alpha value is -2.11. The highest BCUT2D eigenvalue weighted by Crippen LogP contribution is 2.14. The van der Waals surface area contributed by atoms with E-state index >= 15 is 0 Å². The van der Waals surface area contributed by atoms with E-state index in [1.807, 2.05) is 0 Å². The molecule has 0 atom stereocenters. The van der Waals surface area contributed by atoms with E-state index in [1.165, 1.54) is 6.92 Å². The highest BCUT2D eigenvalue weighted by molar-refractivity contribution is 6.41. The Bertz CT molecular complexity index is 483. The van der Waals surface area contributed by atoms with Crippen LogP contribution in [0.5, 0.6) is 0 Å². The third-order valence-corrected chi connectivity index (χ3v) is 1.92. The number of aldehydes is 1. The van der Waals surface area contributed by atoms with Crippen molar-refractivity contribution in [1.82, 2.24) is 0 Å². The fourth-order valence-electron chi connectivity index (χ4n) is 1.16. The first-order valence-electron chi connectivity index (χ1n) is 4.67. The van der Waals surface area contributed by atoms with Crippen molar-refractivity contribution in [2.45, 2.75) is 6.92 Å². The van der Waals surface area contributed by atoms with Gasteiger partial charge in [0.2, 0.25) is 0 Å². The van der Waals surface area contributed by atoms with E-state index in [-0.39, 0.29) is 12.9 Å². The Morgan fingerprint density at radius 2 is 1.88 bits per heavy atom. The number of ether oxygens (including phenoxy) is 1. The summed E-state index contributed by atoms with van der Waals surface area (Å²) in [6.45, 7) is 1.45. The van der Waals surface area contributed by atoms with Crippen LogP contribution in [0.4, 0.5) is 8.78 Å². The molecule has 0 aliphatic rings. The molecule has 0 heterocycles. The smallest absolute Gasteiger partial charge is 0.379 e. The van der Waals surface area contributed by atoms with E-state index in [2.05, 4.69) is 4.74 Å². The molecule has 0 bridgehead atoms. The van der Waals surface area contributed by atoms with E-state index in [1.54, 1.807) is 0 Å². The molecule has 0 unspecified atom stereocenters. The molecule has 4 nitrogen and oxygen atoms in total. The monoisotopic (exact) mass is 242 g/mol. The van der Waals surface area contributed by atoms with Gasteiger partial charge in [-0.1, -0.05) is 0 Å². The van der Waals surface area contributed by atoms with Gasteiger partial charge in [0.15, 0.2) is 17.9 Å². The molecule has 0 aromatic heterocycles. The van der Waals surface area contributed by atoms with Crippen LogP contribution in [-0.4, -0.2) is 24.6 Å². The maximum atomic E-state index is 12.9. The van der Waals surface area contributed by atoms with E-state index in [4.69, 9.17) is 0 Å². The summed E-state index contributed by atoms with van der Waals surface area (Å²) in [6, 6.07) is 1.05. The van der Waals surface area contributed by atoms with Crippen LogP contribution in [0.2, 0.25) is 0 Å². The minimum absolute atomic E-state index is 0.0370. The third-order valence-electron chi connectivity index (χ3n) is 1.92. The number of ketones is 1. The second kappa shape index (κ2) is 5.29. The number of Topliss-reactive ketones (excluding diaryl/α,β-unsaturated/α-hetero) is 1. The fraction of sp³-hybridized carbons (Fsp3) is 0.182. The van der Waals surface area contributed by atoms with Crippen LogP contribution in [0.1, 0.15) is 27.6 Å². The zero-order chi connectivity index (χ0) is 13.0. The van der Waals surface area contributed by atoms with Crippen LogP contribution in [-0.2, 0) is 9.53 Å². The van der Waals surface area contributed by atoms with E-state index < -0.39 is 34.5 Å². The lowest BCUT2D eigenvalue weighted by molar-refractivity contribution is -0.137. The van der Waals surface area contributed by atoms with Gasteiger partial charge in [-0.3, -0.25) is 9.59 Å². The van der Waals surface area contributed by atoms with Gasteiger partial charge in [0.05, 0.1) is 6.61 Å². The van der Waals surface area contributed by atoms with Crippen LogP contribution in [0, 0.1) is 11.6 Å². The van der Waals surface area contributed by atoms with Gasteiger partial charge < -0.3 is 4.74 Å². The molecule has 0 saturated heterocycles. The van der Waals surface area contributed by atoms with Crippen LogP contribution >= 0.6 is 0 Å². The van der Waals surface area contributed by atoms with Gasteiger partial charge in [0.1, 0.15) is 0 Å². The molecular formula is C11H8F2O4. The van der Waals surface area contributed by atoms with Gasteiger partial charge in [-0.2, -0.15) is 0 Å². The molecule has 1 aromatic rings. The van der Waals surface area contributed by atoms with Crippen molar-refractivity contribution in [2.75, 3.05) is 6.61 Å². The zero-order valence-electron chi connectivity index (χ0n) is 8.83. The molecule has 1 aromatic carbocycles. The maximum absolute atomic E-state index is 12.9. The second-order valence-electron chi connectivity index (χ2n) is 3.02. The summed E-state index contributed by atoms with van der Waals surface area (Å²) < 4.78 is 30.1. The third kappa shape index (κ3) is 2.72. The summed E-state index contributed by atoms with van der Waals surface area (Å²) in [5.74, 6) is -5.00. The molecule has 0 amide bonds. The largest absolute Gasteiger partial charge is 0.460 e. The van der Waals surface area contributed by atoms with Crippen LogP contribution in [0.15, 0.2) is 12.1 Å². The summed E-state index contributed by atoms with van der Waals surface area (Å²) in [4.78, 5) is 33.1. The predicted molar refractivity (Wildman–Crippen MR) is 52.7 cm³/mol. The molecule has 0 saturated carbocycles. The summed E-state index contributed by atoms with van der Waals surface area (Å²) in [6.07, 6.45) is 0.162. The average molecular weight is 242 g/mol. The standard InChI is InChI=1S/C11H8F2O4/c1-2-17-11(16)10(15)7-4-9(13)8(12)3-6(7)5-14/h3-5H,2H2,1H3. The molecule has 0 fully saturated rings. The van der Waals surface area contributed by atoms with Gasteiger partial charge in [0.25, 0.3) is 5.78 Å². The number of rotatable bonds is 4. The summed E-state index contributed by atoms with van der Waals surface area (Å²) >= 11 is 0. The number of esters is 1. The summed E-state index contributed by atoms with van der Waals surface area (Å²) in [7, 11) is 0. The zero-order valence-corrected chi connectivity index (χ0v) is 8.83. The lowest BCUT2D eigenvalue weighted by Gasteiger charge is -2.04. The van der Waals surface area contributed by atoms with Gasteiger partial charge in [-0.05, 0) is 19.1 Å². The fourth-order valence-corrected chi connectivity index (χ4v) is 1.16. The van der Waals surface area contributed by atoms with Crippen molar-refractivity contribution < 1.29 is 27.9 Å². The Labute approximate surface area is 95.2 Å². The van der Waals surface area contributed by atoms with Crippen molar-refractivity contribution >= 4 is 18.0 Å². The van der Waals surface area contributed by atoms with Crippen molar-refractivity contribution in [1.29, 1.82) is 0 Å². The molecule has 90 valence electrons. The number of halogens is 2. The SMILES string of the molecule is CCOC(=O)C(=O)c1cc(F)c(F)cc1C=O. The Morgan fingerprint density at radius 3 is 2.41 bits per heavy atom. The number of carbonyl (C=O) groups is 3. The van der Waals surface area contributed by atoms with Crippen LogP contribution in [0.25, 0.3) is 0 Å². The maximum Gasteiger partial charge on any atom is 0.379 e. The lowest BCUT2D eigenvalue weighted by atomic mass is 10.0. The Kier molecular flexibility index (Phi) is 4.03. The molecule has 6 heteroatoms. The Morgan fingerprint density at radius 1 is 1.29 bits per heavy atom. The highest BCUT2D eigenvalue weighted by Gasteiger charge is 2.22. The molecule has 0 spiro atoms. The predicted octanol–water partition coefficient (Wildman–Crippen LogP) is 1.52. The first-order valence-corrected chi connectivity index (χ1v) is 4.67. The van der Waals surface area contributed by atoms with Crippen LogP contribution < -0.4 is 0 Å². The first-order chi connectivity index (χ1) is 8.01. The minimum Gasteiger partial charge on any atom is -0.460 e. The molecular weight excluding hydrogens is 234 g/mol. The van der Waals surface area contributed by atoms with Gasteiger partial charge in [-0.15, -0.1) is 0 Å². The van der Waals surface area contributed by atoms with E-state index in [0.717, 1.165) is 0 Å². The topological polar surface area (TPSA) is 60.4 Å². The van der Waals surface area contributed by atoms with Crippen molar-refractivity contribution in [2.24, 2.45) is 0 Å². The quantitative estimate of drug-likeness (QED) is 0.347. The first kappa shape index (κ1) is 13.0. The van der Waals surface area contributed by atoms with E-state index in [0.29, 0.717) is 12.1 Å². The van der Waals surface area contributed by atoms with Gasteiger partial charge >= 0.3 is 5.97 Å². The van der Waals surface area contributed by atoms with E-state index in [9.17, 15) is 23.2 Å². The summed E-state index contributed by atoms with van der Waals surface area (Å²) in [5.41, 5.74) is -0.917. The normalized spacial score (nSPS) is 9.82. The molecule has 0 N–H and O–H groups in total. The Balaban J connectivity index is 3.21. The average Bonchev–Trinajstić information content (AvgIpc) is 2.31. The van der Waals surface area contributed by atoms with Crippen molar-refractivity contribution in [3.63, 3.8) is 0 Å². The van der Waals surface area contributed by atoms with Crippen LogP contribution in [0.3, 0.4) is 0 Å². The molecule has 1 rings (SSSR count). The molecule has 0 aliphatic carbocycles. The van der Waals surface area contributed by atoms with Gasteiger partial charge in [0, 0.05) is 11.1 Å². The minimum atomic E-state index is -1.32. The molecule has 0 aliphatic heterocycles. The number of benzene rings is 1. The van der Waals surface area contributed by atoms with Gasteiger partial charge in [-0.25, -0.2) is 13.6 Å². The number of hydrogen-bond donors (Lipinski definition) is 0. The molecule has 0 radical (unpaired) electrons. The van der Waals surface area contributed by atoms with Crippen molar-refractivity contribution in [3.05, 3.63) is 34.9 Å². The molecule has 17 heavy (non-hydrogen) atoms. The highest BCUT2D eigenvalue weighted by atomic mass is 19.2. The second-order valence-corrected chi connectivity index (χ2v) is 3.02.